The van der Waals surface area contributed by atoms with E-state index in [4.69, 9.17) is 0 Å². The van der Waals surface area contributed by atoms with Gasteiger partial charge in [-0.15, -0.1) is 0 Å². The number of benzene rings is 2. The summed E-state index contributed by atoms with van der Waals surface area (Å²) in [5.41, 5.74) is 3.49. The van der Waals surface area contributed by atoms with Gasteiger partial charge in [0.2, 0.25) is 15.9 Å². The van der Waals surface area contributed by atoms with Crippen molar-refractivity contribution in [2.75, 3.05) is 41.6 Å². The molecular formula is C22H29N3O3S. The molecule has 7 heteroatoms. The average molecular weight is 416 g/mol. The molecule has 1 heterocycles. The predicted octanol–water partition coefficient (Wildman–Crippen LogP) is 2.81. The van der Waals surface area contributed by atoms with Gasteiger partial charge in [-0.3, -0.25) is 9.10 Å². The topological polar surface area (TPSA) is 60.9 Å². The van der Waals surface area contributed by atoms with Crippen LogP contribution in [0.2, 0.25) is 0 Å². The van der Waals surface area contributed by atoms with Gasteiger partial charge >= 0.3 is 0 Å². The Morgan fingerprint density at radius 1 is 1.00 bits per heavy atom. The molecule has 1 aliphatic heterocycles. The van der Waals surface area contributed by atoms with Gasteiger partial charge in [0.15, 0.2) is 0 Å². The first kappa shape index (κ1) is 21.2. The van der Waals surface area contributed by atoms with Crippen molar-refractivity contribution < 1.29 is 13.2 Å². The molecule has 1 amide bonds. The molecule has 1 fully saturated rings. The van der Waals surface area contributed by atoms with Gasteiger partial charge in [0.05, 0.1) is 11.9 Å². The van der Waals surface area contributed by atoms with Crippen molar-refractivity contribution in [3.05, 3.63) is 59.7 Å². The Labute approximate surface area is 173 Å². The number of rotatable bonds is 5. The van der Waals surface area contributed by atoms with Crippen molar-refractivity contribution >= 4 is 27.3 Å². The van der Waals surface area contributed by atoms with E-state index in [1.54, 1.807) is 11.8 Å². The van der Waals surface area contributed by atoms with Crippen LogP contribution in [0.1, 0.15) is 18.1 Å². The molecule has 1 aliphatic rings. The Morgan fingerprint density at radius 2 is 1.62 bits per heavy atom. The molecule has 2 aromatic rings. The second kappa shape index (κ2) is 8.45. The quantitative estimate of drug-likeness (QED) is 0.753. The zero-order valence-electron chi connectivity index (χ0n) is 17.5. The summed E-state index contributed by atoms with van der Waals surface area (Å²) in [5.74, 6) is -0.163. The Bertz CT molecular complexity index is 968. The highest BCUT2D eigenvalue weighted by molar-refractivity contribution is 7.92. The average Bonchev–Trinajstić information content (AvgIpc) is 2.70. The lowest BCUT2D eigenvalue weighted by molar-refractivity contribution is -0.132. The first-order chi connectivity index (χ1) is 13.7. The Morgan fingerprint density at radius 3 is 2.21 bits per heavy atom. The number of carbonyl (C=O) groups excluding carboxylic acids is 1. The number of amides is 1. The maximum atomic E-state index is 13.2. The summed E-state index contributed by atoms with van der Waals surface area (Å²) in [7, 11) is -3.62. The largest absolute Gasteiger partial charge is 0.368 e. The summed E-state index contributed by atoms with van der Waals surface area (Å²) in [6.07, 6.45) is 1.16. The smallest absolute Gasteiger partial charge is 0.246 e. The first-order valence-electron chi connectivity index (χ1n) is 9.84. The number of hydrogen-bond donors (Lipinski definition) is 0. The van der Waals surface area contributed by atoms with Crippen LogP contribution in [0.4, 0.5) is 11.4 Å². The standard InChI is InChI=1S/C22H29N3O3S/c1-17-10-11-18(2)21(16-17)25(29(4,27)28)19(3)22(26)24-14-12-23(13-15-24)20-8-6-5-7-9-20/h5-11,16,19H,12-15H2,1-4H3. The maximum absolute atomic E-state index is 13.2. The second-order valence-electron chi connectivity index (χ2n) is 7.67. The molecule has 0 aromatic heterocycles. The molecule has 1 unspecified atom stereocenters. The molecule has 0 bridgehead atoms. The molecule has 6 nitrogen and oxygen atoms in total. The van der Waals surface area contributed by atoms with Crippen LogP contribution in [-0.2, 0) is 14.8 Å². The molecule has 1 saturated heterocycles. The lowest BCUT2D eigenvalue weighted by atomic mass is 10.1. The van der Waals surface area contributed by atoms with Gasteiger partial charge < -0.3 is 9.80 Å². The van der Waals surface area contributed by atoms with E-state index >= 15 is 0 Å². The first-order valence-corrected chi connectivity index (χ1v) is 11.7. The van der Waals surface area contributed by atoms with Crippen LogP contribution >= 0.6 is 0 Å². The van der Waals surface area contributed by atoms with Gasteiger partial charge in [-0.05, 0) is 50.1 Å². The van der Waals surface area contributed by atoms with Gasteiger partial charge in [-0.25, -0.2) is 8.42 Å². The van der Waals surface area contributed by atoms with Crippen LogP contribution in [0, 0.1) is 13.8 Å². The van der Waals surface area contributed by atoms with Crippen molar-refractivity contribution in [2.24, 2.45) is 0 Å². The lowest BCUT2D eigenvalue weighted by Crippen LogP contribution is -2.55. The van der Waals surface area contributed by atoms with Gasteiger partial charge in [-0.2, -0.15) is 0 Å². The molecule has 29 heavy (non-hydrogen) atoms. The molecule has 156 valence electrons. The molecule has 0 spiro atoms. The number of sulfonamides is 1. The van der Waals surface area contributed by atoms with E-state index in [0.29, 0.717) is 18.8 Å². The zero-order valence-corrected chi connectivity index (χ0v) is 18.3. The Balaban J connectivity index is 1.78. The highest BCUT2D eigenvalue weighted by Crippen LogP contribution is 2.27. The summed E-state index contributed by atoms with van der Waals surface area (Å²) >= 11 is 0. The third kappa shape index (κ3) is 4.72. The molecule has 0 N–H and O–H groups in total. The molecule has 1 atom stereocenters. The van der Waals surface area contributed by atoms with Gasteiger partial charge in [0.1, 0.15) is 6.04 Å². The van der Waals surface area contributed by atoms with Crippen LogP contribution in [0.3, 0.4) is 0 Å². The molecule has 0 saturated carbocycles. The number of piperazine rings is 1. The molecule has 0 aliphatic carbocycles. The summed E-state index contributed by atoms with van der Waals surface area (Å²) < 4.78 is 26.5. The van der Waals surface area contributed by atoms with Crippen molar-refractivity contribution in [3.63, 3.8) is 0 Å². The summed E-state index contributed by atoms with van der Waals surface area (Å²) in [4.78, 5) is 17.2. The third-order valence-electron chi connectivity index (χ3n) is 5.38. The molecule has 2 aromatic carbocycles. The van der Waals surface area contributed by atoms with E-state index in [-0.39, 0.29) is 5.91 Å². The normalized spacial score (nSPS) is 15.9. The van der Waals surface area contributed by atoms with Crippen LogP contribution in [-0.4, -0.2) is 57.7 Å². The van der Waals surface area contributed by atoms with Crippen LogP contribution in [0.5, 0.6) is 0 Å². The molecular weight excluding hydrogens is 386 g/mol. The summed E-state index contributed by atoms with van der Waals surface area (Å²) in [6.45, 7) is 8.05. The van der Waals surface area contributed by atoms with E-state index < -0.39 is 16.1 Å². The lowest BCUT2D eigenvalue weighted by Gasteiger charge is -2.39. The Hall–Kier alpha value is -2.54. The predicted molar refractivity (Wildman–Crippen MR) is 118 cm³/mol. The fraction of sp³-hybridized carbons (Fsp3) is 0.409. The van der Waals surface area contributed by atoms with Crippen molar-refractivity contribution in [2.45, 2.75) is 26.8 Å². The van der Waals surface area contributed by atoms with E-state index in [0.717, 1.165) is 36.2 Å². The second-order valence-corrected chi connectivity index (χ2v) is 9.53. The monoisotopic (exact) mass is 415 g/mol. The number of hydrogen-bond acceptors (Lipinski definition) is 4. The number of para-hydroxylation sites is 1. The van der Waals surface area contributed by atoms with Crippen LogP contribution in [0.25, 0.3) is 0 Å². The van der Waals surface area contributed by atoms with E-state index in [1.165, 1.54) is 4.31 Å². The zero-order chi connectivity index (χ0) is 21.2. The van der Waals surface area contributed by atoms with Crippen molar-refractivity contribution in [1.82, 2.24) is 4.90 Å². The van der Waals surface area contributed by atoms with E-state index in [1.807, 2.05) is 50.2 Å². The SMILES string of the molecule is Cc1ccc(C)c(N(C(C)C(=O)N2CCN(c3ccccc3)CC2)S(C)(=O)=O)c1. The van der Waals surface area contributed by atoms with Crippen LogP contribution < -0.4 is 9.21 Å². The van der Waals surface area contributed by atoms with Crippen LogP contribution in [0.15, 0.2) is 48.5 Å². The highest BCUT2D eigenvalue weighted by atomic mass is 32.2. The third-order valence-corrected chi connectivity index (χ3v) is 6.61. The van der Waals surface area contributed by atoms with E-state index in [2.05, 4.69) is 17.0 Å². The van der Waals surface area contributed by atoms with E-state index in [9.17, 15) is 13.2 Å². The highest BCUT2D eigenvalue weighted by Gasteiger charge is 2.34. The number of anilines is 2. The number of aryl methyl sites for hydroxylation is 2. The minimum Gasteiger partial charge on any atom is -0.368 e. The van der Waals surface area contributed by atoms with Gasteiger partial charge in [-0.1, -0.05) is 30.3 Å². The fourth-order valence-corrected chi connectivity index (χ4v) is 5.04. The minimum atomic E-state index is -3.62. The molecule has 0 radical (unpaired) electrons. The fourth-order valence-electron chi connectivity index (χ4n) is 3.82. The van der Waals surface area contributed by atoms with Gasteiger partial charge in [0.25, 0.3) is 0 Å². The number of nitrogens with zero attached hydrogens (tertiary/aromatic N) is 3. The maximum Gasteiger partial charge on any atom is 0.246 e. The van der Waals surface area contributed by atoms with Crippen molar-refractivity contribution in [3.8, 4) is 0 Å². The summed E-state index contributed by atoms with van der Waals surface area (Å²) in [5, 5.41) is 0. The minimum absolute atomic E-state index is 0.163. The van der Waals surface area contributed by atoms with Crippen molar-refractivity contribution in [1.29, 1.82) is 0 Å². The number of carbonyl (C=O) groups is 1. The molecule has 3 rings (SSSR count). The summed E-state index contributed by atoms with van der Waals surface area (Å²) in [6, 6.07) is 15.0. The van der Waals surface area contributed by atoms with Gasteiger partial charge in [0, 0.05) is 31.9 Å². The Kier molecular flexibility index (Phi) is 6.17.